The third-order valence-electron chi connectivity index (χ3n) is 3.11. The Morgan fingerprint density at radius 2 is 2.36 bits per heavy atom. The van der Waals surface area contributed by atoms with E-state index in [2.05, 4.69) is 18.8 Å². The summed E-state index contributed by atoms with van der Waals surface area (Å²) in [4.78, 5) is 6.16. The minimum atomic E-state index is 0.947. The van der Waals surface area contributed by atoms with Crippen LogP contribution in [0.25, 0.3) is 0 Å². The summed E-state index contributed by atoms with van der Waals surface area (Å²) in [6.07, 6.45) is 8.07. The molecule has 1 aromatic rings. The molecule has 1 aliphatic carbocycles. The summed E-state index contributed by atoms with van der Waals surface area (Å²) in [5.41, 5.74) is 1.40. The lowest BCUT2D eigenvalue weighted by Crippen LogP contribution is -2.12. The average Bonchev–Trinajstić information content (AvgIpc) is 2.54. The molecule has 14 heavy (non-hydrogen) atoms. The molecular weight excluding hydrogens is 190 g/mol. The van der Waals surface area contributed by atoms with Crippen LogP contribution in [0.2, 0.25) is 0 Å². The Labute approximate surface area is 90.6 Å². The Morgan fingerprint density at radius 1 is 1.50 bits per heavy atom. The van der Waals surface area contributed by atoms with Gasteiger partial charge in [-0.05, 0) is 32.1 Å². The van der Waals surface area contributed by atoms with Gasteiger partial charge in [-0.25, -0.2) is 4.98 Å². The van der Waals surface area contributed by atoms with Crippen LogP contribution in [0.5, 0.6) is 0 Å². The van der Waals surface area contributed by atoms with Crippen molar-refractivity contribution in [2.75, 3.05) is 0 Å². The molecule has 1 heterocycles. The highest BCUT2D eigenvalue weighted by Crippen LogP contribution is 2.31. The van der Waals surface area contributed by atoms with Gasteiger partial charge >= 0.3 is 0 Å². The maximum absolute atomic E-state index is 4.58. The largest absolute Gasteiger partial charge is 0.246 e. The molecule has 2 rings (SSSR count). The number of unbranched alkanes of at least 4 members (excludes halogenated alkanes) is 1. The second-order valence-corrected chi connectivity index (χ2v) is 5.64. The van der Waals surface area contributed by atoms with Crippen LogP contribution in [-0.2, 0) is 12.8 Å². The van der Waals surface area contributed by atoms with E-state index in [1.807, 2.05) is 11.3 Å². The quantitative estimate of drug-likeness (QED) is 0.739. The maximum atomic E-state index is 4.58. The van der Waals surface area contributed by atoms with E-state index < -0.39 is 0 Å². The van der Waals surface area contributed by atoms with Crippen molar-refractivity contribution < 1.29 is 0 Å². The second kappa shape index (κ2) is 4.43. The minimum absolute atomic E-state index is 0.947. The summed E-state index contributed by atoms with van der Waals surface area (Å²) in [6.45, 7) is 4.41. The highest BCUT2D eigenvalue weighted by Gasteiger charge is 2.20. The fraction of sp³-hybridized carbons (Fsp3) is 0.750. The summed E-state index contributed by atoms with van der Waals surface area (Å²) < 4.78 is 0. The molecule has 0 bridgehead atoms. The van der Waals surface area contributed by atoms with E-state index >= 15 is 0 Å². The Hall–Kier alpha value is -0.370. The molecule has 1 aliphatic rings. The molecular formula is C12H19NS. The molecule has 2 heteroatoms. The van der Waals surface area contributed by atoms with Gasteiger partial charge in [-0.1, -0.05) is 26.2 Å². The summed E-state index contributed by atoms with van der Waals surface area (Å²) in [5.74, 6) is 0.947. The molecule has 0 amide bonds. The van der Waals surface area contributed by atoms with E-state index in [9.17, 15) is 0 Å². The van der Waals surface area contributed by atoms with Crippen LogP contribution in [0, 0.1) is 12.8 Å². The number of aromatic nitrogens is 1. The van der Waals surface area contributed by atoms with Crippen molar-refractivity contribution >= 4 is 11.3 Å². The van der Waals surface area contributed by atoms with Crippen LogP contribution in [0.1, 0.15) is 48.2 Å². The second-order valence-electron chi connectivity index (χ2n) is 4.35. The third kappa shape index (κ3) is 2.17. The summed E-state index contributed by atoms with van der Waals surface area (Å²) in [7, 11) is 0. The van der Waals surface area contributed by atoms with Gasteiger partial charge in [0.2, 0.25) is 0 Å². The first-order valence-electron chi connectivity index (χ1n) is 5.74. The van der Waals surface area contributed by atoms with E-state index in [0.29, 0.717) is 0 Å². The lowest BCUT2D eigenvalue weighted by molar-refractivity contribution is 0.414. The minimum Gasteiger partial charge on any atom is -0.246 e. The molecule has 1 aromatic heterocycles. The molecule has 1 nitrogen and oxygen atoms in total. The molecule has 0 spiro atoms. The number of thiazole rings is 1. The molecule has 0 radical (unpaired) electrons. The first-order valence-corrected chi connectivity index (χ1v) is 6.56. The normalized spacial score (nSPS) is 20.9. The summed E-state index contributed by atoms with van der Waals surface area (Å²) in [5, 5.41) is 1.26. The molecule has 0 N–H and O–H groups in total. The zero-order chi connectivity index (χ0) is 9.97. The average molecular weight is 209 g/mol. The molecule has 1 atom stereocenters. The highest BCUT2D eigenvalue weighted by molar-refractivity contribution is 7.11. The number of nitrogens with zero attached hydrogens (tertiary/aromatic N) is 1. The van der Waals surface area contributed by atoms with Gasteiger partial charge in [-0.15, -0.1) is 11.3 Å². The zero-order valence-electron chi connectivity index (χ0n) is 9.18. The standard InChI is InChI=1S/C12H19NS/c1-3-4-5-10-6-7-11-12(8-10)14-9(2)13-11/h10H,3-8H2,1-2H3/t10-/m1/s1. The van der Waals surface area contributed by atoms with Crippen LogP contribution in [-0.4, -0.2) is 4.98 Å². The molecule has 78 valence electrons. The molecule has 0 aliphatic heterocycles. The van der Waals surface area contributed by atoms with Gasteiger partial charge in [0.25, 0.3) is 0 Å². The summed E-state index contributed by atoms with van der Waals surface area (Å²) >= 11 is 1.92. The fourth-order valence-corrected chi connectivity index (χ4v) is 3.41. The SMILES string of the molecule is CCCC[C@@H]1CCc2nc(C)sc2C1. The van der Waals surface area contributed by atoms with Crippen molar-refractivity contribution in [2.45, 2.75) is 52.4 Å². The van der Waals surface area contributed by atoms with Crippen LogP contribution < -0.4 is 0 Å². The van der Waals surface area contributed by atoms with Crippen LogP contribution in [0.4, 0.5) is 0 Å². The highest BCUT2D eigenvalue weighted by atomic mass is 32.1. The molecule has 0 fully saturated rings. The first-order chi connectivity index (χ1) is 6.79. The molecule has 0 unspecified atom stereocenters. The molecule has 0 saturated heterocycles. The Morgan fingerprint density at radius 3 is 3.14 bits per heavy atom. The Kier molecular flexibility index (Phi) is 3.22. The first kappa shape index (κ1) is 10.2. The van der Waals surface area contributed by atoms with Crippen LogP contribution in [0.15, 0.2) is 0 Å². The lowest BCUT2D eigenvalue weighted by atomic mass is 9.87. The number of aryl methyl sites for hydroxylation is 2. The number of hydrogen-bond acceptors (Lipinski definition) is 2. The van der Waals surface area contributed by atoms with E-state index in [-0.39, 0.29) is 0 Å². The molecule has 0 saturated carbocycles. The number of rotatable bonds is 3. The van der Waals surface area contributed by atoms with Gasteiger partial charge in [-0.2, -0.15) is 0 Å². The van der Waals surface area contributed by atoms with E-state index in [1.165, 1.54) is 49.2 Å². The lowest BCUT2D eigenvalue weighted by Gasteiger charge is -2.20. The predicted molar refractivity (Wildman–Crippen MR) is 61.9 cm³/mol. The van der Waals surface area contributed by atoms with Gasteiger partial charge in [0, 0.05) is 4.88 Å². The van der Waals surface area contributed by atoms with E-state index in [4.69, 9.17) is 0 Å². The van der Waals surface area contributed by atoms with Crippen molar-refractivity contribution in [1.82, 2.24) is 4.98 Å². The van der Waals surface area contributed by atoms with Crippen molar-refractivity contribution in [3.8, 4) is 0 Å². The van der Waals surface area contributed by atoms with Gasteiger partial charge in [0.1, 0.15) is 0 Å². The van der Waals surface area contributed by atoms with Gasteiger partial charge in [0.15, 0.2) is 0 Å². The van der Waals surface area contributed by atoms with Gasteiger partial charge in [0.05, 0.1) is 10.7 Å². The number of hydrogen-bond donors (Lipinski definition) is 0. The van der Waals surface area contributed by atoms with Crippen molar-refractivity contribution in [2.24, 2.45) is 5.92 Å². The zero-order valence-corrected chi connectivity index (χ0v) is 9.99. The number of fused-ring (bicyclic) bond motifs is 1. The van der Waals surface area contributed by atoms with Crippen molar-refractivity contribution in [3.05, 3.63) is 15.6 Å². The van der Waals surface area contributed by atoms with E-state index in [0.717, 1.165) is 5.92 Å². The van der Waals surface area contributed by atoms with E-state index in [1.54, 1.807) is 4.88 Å². The molecule has 0 aromatic carbocycles. The summed E-state index contributed by atoms with van der Waals surface area (Å²) in [6, 6.07) is 0. The van der Waals surface area contributed by atoms with Gasteiger partial charge in [-0.3, -0.25) is 0 Å². The topological polar surface area (TPSA) is 12.9 Å². The smallest absolute Gasteiger partial charge is 0.0900 e. The monoisotopic (exact) mass is 209 g/mol. The predicted octanol–water partition coefficient (Wildman–Crippen LogP) is 3.75. The van der Waals surface area contributed by atoms with Crippen molar-refractivity contribution in [3.63, 3.8) is 0 Å². The maximum Gasteiger partial charge on any atom is 0.0900 e. The third-order valence-corrected chi connectivity index (χ3v) is 4.15. The van der Waals surface area contributed by atoms with Crippen molar-refractivity contribution in [1.29, 1.82) is 0 Å². The van der Waals surface area contributed by atoms with Crippen LogP contribution in [0.3, 0.4) is 0 Å². The Bertz CT molecular complexity index is 303. The van der Waals surface area contributed by atoms with Gasteiger partial charge < -0.3 is 0 Å². The Balaban J connectivity index is 1.98. The van der Waals surface area contributed by atoms with Crippen LogP contribution >= 0.6 is 11.3 Å². The fourth-order valence-electron chi connectivity index (χ4n) is 2.31.